The van der Waals surface area contributed by atoms with E-state index in [2.05, 4.69) is 19.2 Å². The fourth-order valence-corrected chi connectivity index (χ4v) is 2.32. The molecular formula is C12H23NO. The van der Waals surface area contributed by atoms with E-state index in [-0.39, 0.29) is 0 Å². The molecule has 2 aliphatic carbocycles. The minimum atomic E-state index is 0.324. The molecule has 0 amide bonds. The first-order valence-corrected chi connectivity index (χ1v) is 5.94. The number of hydrogen-bond acceptors (Lipinski definition) is 2. The monoisotopic (exact) mass is 197 g/mol. The van der Waals surface area contributed by atoms with Gasteiger partial charge in [-0.2, -0.15) is 0 Å². The van der Waals surface area contributed by atoms with E-state index in [1.54, 1.807) is 7.11 Å². The maximum Gasteiger partial charge on any atom is 0.0693 e. The fourth-order valence-electron chi connectivity index (χ4n) is 2.32. The van der Waals surface area contributed by atoms with E-state index >= 15 is 0 Å². The summed E-state index contributed by atoms with van der Waals surface area (Å²) in [6.45, 7) is 5.57. The Labute approximate surface area is 87.4 Å². The Kier molecular flexibility index (Phi) is 2.85. The third-order valence-electron chi connectivity index (χ3n) is 4.19. The lowest BCUT2D eigenvalue weighted by atomic mass is 10.00. The second-order valence-electron chi connectivity index (χ2n) is 5.25. The quantitative estimate of drug-likeness (QED) is 0.705. The molecule has 2 rings (SSSR count). The summed E-state index contributed by atoms with van der Waals surface area (Å²) >= 11 is 0. The summed E-state index contributed by atoms with van der Waals surface area (Å²) in [6.07, 6.45) is 6.20. The van der Waals surface area contributed by atoms with E-state index in [1.807, 2.05) is 0 Å². The largest absolute Gasteiger partial charge is 0.380 e. The molecule has 0 aromatic carbocycles. The second-order valence-corrected chi connectivity index (χ2v) is 5.25. The van der Waals surface area contributed by atoms with Crippen molar-refractivity contribution >= 4 is 0 Å². The van der Waals surface area contributed by atoms with E-state index in [0.29, 0.717) is 17.6 Å². The van der Waals surface area contributed by atoms with Gasteiger partial charge in [0.15, 0.2) is 0 Å². The van der Waals surface area contributed by atoms with E-state index in [4.69, 9.17) is 4.74 Å². The minimum Gasteiger partial charge on any atom is -0.380 e. The molecule has 0 aliphatic heterocycles. The molecule has 2 atom stereocenters. The van der Waals surface area contributed by atoms with Crippen LogP contribution in [-0.2, 0) is 4.74 Å². The van der Waals surface area contributed by atoms with Gasteiger partial charge in [0.05, 0.1) is 6.10 Å². The van der Waals surface area contributed by atoms with Gasteiger partial charge in [-0.1, -0.05) is 0 Å². The van der Waals surface area contributed by atoms with E-state index in [9.17, 15) is 0 Å². The van der Waals surface area contributed by atoms with Crippen LogP contribution in [0.3, 0.4) is 0 Å². The second kappa shape index (κ2) is 3.82. The molecule has 2 nitrogen and oxygen atoms in total. The first kappa shape index (κ1) is 10.4. The standard InChI is InChI=1S/C12H23NO/c1-9(10(2)14-3)13-8-12(6-7-12)11-4-5-11/h9-11,13H,4-8H2,1-3H3. The molecule has 0 aromatic rings. The van der Waals surface area contributed by atoms with Crippen LogP contribution in [0.2, 0.25) is 0 Å². The van der Waals surface area contributed by atoms with E-state index in [1.165, 1.54) is 32.2 Å². The van der Waals surface area contributed by atoms with Gasteiger partial charge in [-0.15, -0.1) is 0 Å². The molecule has 0 radical (unpaired) electrons. The summed E-state index contributed by atoms with van der Waals surface area (Å²) < 4.78 is 5.31. The fraction of sp³-hybridized carbons (Fsp3) is 1.00. The van der Waals surface area contributed by atoms with Gasteiger partial charge in [-0.05, 0) is 50.9 Å². The Morgan fingerprint density at radius 1 is 1.36 bits per heavy atom. The van der Waals surface area contributed by atoms with Gasteiger partial charge in [0.2, 0.25) is 0 Å². The van der Waals surface area contributed by atoms with E-state index < -0.39 is 0 Å². The molecule has 0 saturated heterocycles. The number of rotatable bonds is 6. The summed E-state index contributed by atoms with van der Waals surface area (Å²) in [6, 6.07) is 0.483. The van der Waals surface area contributed by atoms with Crippen molar-refractivity contribution in [2.75, 3.05) is 13.7 Å². The smallest absolute Gasteiger partial charge is 0.0693 e. The van der Waals surface area contributed by atoms with Crippen LogP contribution < -0.4 is 5.32 Å². The molecule has 2 fully saturated rings. The molecule has 2 unspecified atom stereocenters. The van der Waals surface area contributed by atoms with Crippen LogP contribution in [0.15, 0.2) is 0 Å². The topological polar surface area (TPSA) is 21.3 Å². The first-order valence-electron chi connectivity index (χ1n) is 5.94. The highest BCUT2D eigenvalue weighted by Gasteiger charge is 2.53. The number of methoxy groups -OCH3 is 1. The first-order chi connectivity index (χ1) is 6.68. The average molecular weight is 197 g/mol. The van der Waals surface area contributed by atoms with Crippen molar-refractivity contribution in [1.29, 1.82) is 0 Å². The van der Waals surface area contributed by atoms with Crippen molar-refractivity contribution < 1.29 is 4.74 Å². The van der Waals surface area contributed by atoms with Crippen molar-refractivity contribution in [2.45, 2.75) is 51.7 Å². The van der Waals surface area contributed by atoms with Crippen molar-refractivity contribution in [2.24, 2.45) is 11.3 Å². The lowest BCUT2D eigenvalue weighted by Gasteiger charge is -2.23. The maximum absolute atomic E-state index is 5.31. The number of ether oxygens (including phenoxy) is 1. The average Bonchev–Trinajstić information content (AvgIpc) is 3.03. The molecule has 0 bridgehead atoms. The Morgan fingerprint density at radius 2 is 2.00 bits per heavy atom. The van der Waals surface area contributed by atoms with Crippen LogP contribution >= 0.6 is 0 Å². The van der Waals surface area contributed by atoms with Crippen molar-refractivity contribution in [3.05, 3.63) is 0 Å². The SMILES string of the molecule is COC(C)C(C)NCC1(C2CC2)CC1. The predicted molar refractivity (Wildman–Crippen MR) is 58.3 cm³/mol. The Balaban J connectivity index is 1.71. The zero-order valence-electron chi connectivity index (χ0n) is 9.68. The van der Waals surface area contributed by atoms with Crippen LogP contribution in [0.5, 0.6) is 0 Å². The maximum atomic E-state index is 5.31. The number of hydrogen-bond donors (Lipinski definition) is 1. The van der Waals surface area contributed by atoms with Crippen LogP contribution in [-0.4, -0.2) is 25.8 Å². The number of nitrogens with one attached hydrogen (secondary N) is 1. The highest BCUT2D eigenvalue weighted by Crippen LogP contribution is 2.60. The summed E-state index contributed by atoms with van der Waals surface area (Å²) in [5.41, 5.74) is 0.710. The minimum absolute atomic E-state index is 0.324. The van der Waals surface area contributed by atoms with Crippen LogP contribution in [0.4, 0.5) is 0 Å². The Morgan fingerprint density at radius 3 is 2.43 bits per heavy atom. The molecular weight excluding hydrogens is 174 g/mol. The van der Waals surface area contributed by atoms with Gasteiger partial charge < -0.3 is 10.1 Å². The van der Waals surface area contributed by atoms with Gasteiger partial charge in [0, 0.05) is 19.7 Å². The Bertz CT molecular complexity index is 196. The highest BCUT2D eigenvalue weighted by atomic mass is 16.5. The summed E-state index contributed by atoms with van der Waals surface area (Å²) in [5, 5.41) is 3.63. The summed E-state index contributed by atoms with van der Waals surface area (Å²) in [5.74, 6) is 1.06. The van der Waals surface area contributed by atoms with Gasteiger partial charge in [0.1, 0.15) is 0 Å². The normalized spacial score (nSPS) is 28.5. The third kappa shape index (κ3) is 2.12. The zero-order valence-corrected chi connectivity index (χ0v) is 9.68. The van der Waals surface area contributed by atoms with Gasteiger partial charge in [-0.25, -0.2) is 0 Å². The van der Waals surface area contributed by atoms with Crippen LogP contribution in [0, 0.1) is 11.3 Å². The Hall–Kier alpha value is -0.0800. The molecule has 0 heterocycles. The molecule has 2 heteroatoms. The highest BCUT2D eigenvalue weighted by molar-refractivity contribution is 5.05. The summed E-state index contributed by atoms with van der Waals surface area (Å²) in [7, 11) is 1.79. The lowest BCUT2D eigenvalue weighted by Crippen LogP contribution is -2.40. The summed E-state index contributed by atoms with van der Waals surface area (Å²) in [4.78, 5) is 0. The molecule has 2 saturated carbocycles. The van der Waals surface area contributed by atoms with Gasteiger partial charge in [-0.3, -0.25) is 0 Å². The predicted octanol–water partition coefficient (Wildman–Crippen LogP) is 2.19. The zero-order chi connectivity index (χ0) is 10.2. The molecule has 82 valence electrons. The van der Waals surface area contributed by atoms with Gasteiger partial charge >= 0.3 is 0 Å². The van der Waals surface area contributed by atoms with E-state index in [0.717, 1.165) is 5.92 Å². The van der Waals surface area contributed by atoms with Crippen molar-refractivity contribution in [3.63, 3.8) is 0 Å². The third-order valence-corrected chi connectivity index (χ3v) is 4.19. The van der Waals surface area contributed by atoms with Crippen molar-refractivity contribution in [3.8, 4) is 0 Å². The molecule has 1 N–H and O–H groups in total. The molecule has 0 spiro atoms. The molecule has 0 aromatic heterocycles. The molecule has 14 heavy (non-hydrogen) atoms. The molecule has 2 aliphatic rings. The van der Waals surface area contributed by atoms with Crippen molar-refractivity contribution in [1.82, 2.24) is 5.32 Å². The van der Waals surface area contributed by atoms with Gasteiger partial charge in [0.25, 0.3) is 0 Å². The lowest BCUT2D eigenvalue weighted by molar-refractivity contribution is 0.0861. The van der Waals surface area contributed by atoms with Crippen LogP contribution in [0.1, 0.15) is 39.5 Å². The van der Waals surface area contributed by atoms with Crippen LogP contribution in [0.25, 0.3) is 0 Å².